The van der Waals surface area contributed by atoms with Gasteiger partial charge in [-0.3, -0.25) is 0 Å². The molecule has 0 spiro atoms. The largest absolute Gasteiger partial charge is 4.00 e. The van der Waals surface area contributed by atoms with Crippen LogP contribution in [0.25, 0.3) is 0 Å². The number of rotatable bonds is 72. The summed E-state index contributed by atoms with van der Waals surface area (Å²) in [5.74, 6) is 0. The number of hydrogen-bond acceptors (Lipinski definition) is 8. The molecule has 0 saturated heterocycles. The Balaban J connectivity index is 0.000000370. The van der Waals surface area contributed by atoms with Crippen molar-refractivity contribution >= 4 is 71.9 Å². The van der Waals surface area contributed by atoms with Gasteiger partial charge in [-0.15, -0.1) is 0 Å². The Hall–Kier alpha value is -4.79. The predicted octanol–water partition coefficient (Wildman–Crippen LogP) is 31.4. The van der Waals surface area contributed by atoms with E-state index in [1.54, 1.807) is 97.1 Å². The second kappa shape index (κ2) is 76.1. The summed E-state index contributed by atoms with van der Waals surface area (Å²) in [6.45, 7) is 18.0. The van der Waals surface area contributed by atoms with Gasteiger partial charge in [0.25, 0.3) is 0 Å². The fraction of sp³-hybridized carbons (Fsp3) is 0.600. The van der Waals surface area contributed by atoms with Gasteiger partial charge in [0.2, 0.25) is 0 Å². The van der Waals surface area contributed by atoms with E-state index >= 15 is 0 Å². The Morgan fingerprint density at radius 3 is 0.293 bits per heavy atom. The molecule has 0 aliphatic rings. The second-order valence-corrected chi connectivity index (χ2v) is 47.1. The smallest absolute Gasteiger partial charge is 0.793 e. The van der Waals surface area contributed by atoms with Gasteiger partial charge in [-0.1, -0.05) is 558 Å². The molecule has 0 heterocycles. The fourth-order valence-corrected chi connectivity index (χ4v) is 23.3. The van der Waals surface area contributed by atoms with Crippen LogP contribution in [0.2, 0.25) is 0 Å². The van der Waals surface area contributed by atoms with Gasteiger partial charge in [0.15, 0.2) is 0 Å². The van der Waals surface area contributed by atoms with Gasteiger partial charge >= 0.3 is 21.1 Å². The van der Waals surface area contributed by atoms with Crippen molar-refractivity contribution in [2.45, 2.75) is 466 Å². The molecule has 0 aromatic heterocycles. The quantitative estimate of drug-likeness (QED) is 0.0207. The number of aryl methyl sites for hydroxylation is 8. The van der Waals surface area contributed by atoms with E-state index in [1.807, 2.05) is 97.1 Å². The molecule has 0 fully saturated rings. The maximum absolute atomic E-state index is 13.1. The number of benzene rings is 8. The van der Waals surface area contributed by atoms with Gasteiger partial charge in [-0.2, -0.15) is 0 Å². The molecular formula is C120H184MoO8P4. The van der Waals surface area contributed by atoms with Crippen LogP contribution in [0, 0.1) is 0 Å². The topological polar surface area (TPSA) is 161 Å². The first-order valence-electron chi connectivity index (χ1n) is 54.3. The van der Waals surface area contributed by atoms with Gasteiger partial charge in [0.05, 0.1) is 29.5 Å². The number of unbranched alkanes of at least 4 members (excludes halogenated alkanes) is 48. The van der Waals surface area contributed by atoms with Crippen LogP contribution in [0.15, 0.2) is 194 Å². The van der Waals surface area contributed by atoms with E-state index < -0.39 is 29.5 Å². The van der Waals surface area contributed by atoms with Crippen LogP contribution in [0.1, 0.15) is 459 Å². The summed E-state index contributed by atoms with van der Waals surface area (Å²) in [5, 5.41) is 3.38. The summed E-state index contributed by atoms with van der Waals surface area (Å²) in [5.41, 5.74) is 9.87. The molecule has 0 aliphatic heterocycles. The molecule has 133 heavy (non-hydrogen) atoms. The van der Waals surface area contributed by atoms with Gasteiger partial charge in [-0.25, -0.2) is 0 Å². The van der Waals surface area contributed by atoms with Crippen LogP contribution < -0.4 is 62.0 Å². The maximum atomic E-state index is 13.1. The first-order valence-corrected chi connectivity index (χ1v) is 60.8. The van der Waals surface area contributed by atoms with Gasteiger partial charge in [0.1, 0.15) is 0 Å². The Kier molecular flexibility index (Phi) is 68.9. The summed E-state index contributed by atoms with van der Waals surface area (Å²) in [6.07, 6.45) is 80.9. The zero-order valence-corrected chi connectivity index (χ0v) is 90.8. The Morgan fingerprint density at radius 1 is 0.135 bits per heavy atom. The molecule has 0 N–H and O–H groups in total. The van der Waals surface area contributed by atoms with Gasteiger partial charge in [0, 0.05) is 42.4 Å². The average molecular weight is 1970 g/mol. The maximum Gasteiger partial charge on any atom is 4.00 e. The summed E-state index contributed by atoms with van der Waals surface area (Å²) in [7, 11) is -15.1. The fourth-order valence-electron chi connectivity index (χ4n) is 17.8. The monoisotopic (exact) mass is 1980 g/mol. The number of hydrogen-bond donors (Lipinski definition) is 0. The van der Waals surface area contributed by atoms with Crippen LogP contribution in [-0.4, -0.2) is 0 Å². The van der Waals surface area contributed by atoms with E-state index in [0.717, 1.165) is 51.4 Å². The molecule has 8 aromatic carbocycles. The minimum absolute atomic E-state index is 0. The predicted molar refractivity (Wildman–Crippen MR) is 573 cm³/mol. The molecule has 0 amide bonds. The van der Waals surface area contributed by atoms with Crippen molar-refractivity contribution in [2.75, 3.05) is 0 Å². The molecule has 13 heteroatoms. The molecular weight excluding hydrogens is 1790 g/mol. The third kappa shape index (κ3) is 52.3. The van der Waals surface area contributed by atoms with Crippen molar-refractivity contribution in [3.05, 3.63) is 239 Å². The van der Waals surface area contributed by atoms with E-state index in [2.05, 4.69) is 55.4 Å². The van der Waals surface area contributed by atoms with Crippen molar-refractivity contribution in [3.63, 3.8) is 0 Å². The average Bonchev–Trinajstić information content (AvgIpc) is 0.819. The van der Waals surface area contributed by atoms with Crippen molar-refractivity contribution < 1.29 is 58.9 Å². The molecule has 0 saturated carbocycles. The van der Waals surface area contributed by atoms with Crippen LogP contribution in [0.4, 0.5) is 0 Å². The van der Waals surface area contributed by atoms with Crippen molar-refractivity contribution in [1.29, 1.82) is 0 Å². The molecule has 0 radical (unpaired) electrons. The van der Waals surface area contributed by atoms with E-state index in [-0.39, 0.29) is 21.1 Å². The van der Waals surface area contributed by atoms with Crippen molar-refractivity contribution in [2.24, 2.45) is 0 Å². The molecule has 0 aliphatic carbocycles. The first-order chi connectivity index (χ1) is 64.3. The van der Waals surface area contributed by atoms with Crippen LogP contribution in [0.5, 0.6) is 0 Å². The van der Waals surface area contributed by atoms with Crippen LogP contribution >= 0.6 is 29.5 Å². The van der Waals surface area contributed by atoms with Crippen LogP contribution in [-0.2, 0) is 90.7 Å². The first kappa shape index (κ1) is 121. The van der Waals surface area contributed by atoms with Gasteiger partial charge < -0.3 is 37.8 Å². The summed E-state index contributed by atoms with van der Waals surface area (Å²) < 4.78 is 52.2. The van der Waals surface area contributed by atoms with E-state index in [1.165, 1.54) is 404 Å². The summed E-state index contributed by atoms with van der Waals surface area (Å²) in [4.78, 5) is 52.2. The minimum Gasteiger partial charge on any atom is -0.793 e. The summed E-state index contributed by atoms with van der Waals surface area (Å²) >= 11 is 0. The Labute approximate surface area is 829 Å². The van der Waals surface area contributed by atoms with Crippen LogP contribution in [0.3, 0.4) is 0 Å². The normalized spacial score (nSPS) is 11.6. The zero-order valence-electron chi connectivity index (χ0n) is 85.2. The van der Waals surface area contributed by atoms with Crippen molar-refractivity contribution in [1.82, 2.24) is 0 Å². The second-order valence-electron chi connectivity index (χ2n) is 38.5. The minimum atomic E-state index is -3.78. The summed E-state index contributed by atoms with van der Waals surface area (Å²) in [6, 6.07) is 60.5. The Morgan fingerprint density at radius 2 is 0.211 bits per heavy atom. The molecule has 738 valence electrons. The zero-order chi connectivity index (χ0) is 95.1. The molecule has 0 bridgehead atoms. The Bertz CT molecular complexity index is 3480. The van der Waals surface area contributed by atoms with Gasteiger partial charge in [-0.05, 0) is 147 Å². The van der Waals surface area contributed by atoms with E-state index in [4.69, 9.17) is 0 Å². The van der Waals surface area contributed by atoms with E-state index in [0.29, 0.717) is 42.4 Å². The molecule has 0 unspecified atom stereocenters. The van der Waals surface area contributed by atoms with Crippen molar-refractivity contribution in [3.8, 4) is 0 Å². The molecule has 8 aromatic rings. The third-order valence-corrected chi connectivity index (χ3v) is 34.6. The SMILES string of the molecule is CCCCCCCCCc1ccc(P(=O)([O-])c2ccc(CCCCCCCCC)cc2)cc1.CCCCCCCCCc1ccc(P(=O)([O-])c2ccc(CCCCCCCCC)cc2)cc1.CCCCCCCCCc1ccc(P(=O)([O-])c2ccc(CCCCCCCCC)cc2)cc1.CCCCCCCCCc1ccc(P(=O)([O-])c2ccc(CCCCCCCCC)cc2)cc1.[Mo+4]. The van der Waals surface area contributed by atoms with E-state index in [9.17, 15) is 37.8 Å². The molecule has 0 atom stereocenters. The third-order valence-electron chi connectivity index (χ3n) is 26.8. The molecule has 8 nitrogen and oxygen atoms in total. The molecule has 8 rings (SSSR count). The standard InChI is InChI=1S/4C30H47O2P.Mo/c4*1-3-5-7-9-11-13-15-17-27-19-23-29(24-20-27)33(31,32)30-25-21-28(22-26-30)18-16-14-12-10-8-6-4-2;/h4*19-26H,3-18H2,1-2H3,(H,31,32);/q;;;;+4/p-4.